The van der Waals surface area contributed by atoms with Gasteiger partial charge in [-0.05, 0) is 31.2 Å². The van der Waals surface area contributed by atoms with Crippen molar-refractivity contribution in [3.8, 4) is 22.2 Å². The number of rotatable bonds is 7. The van der Waals surface area contributed by atoms with E-state index in [-0.39, 0.29) is 5.91 Å². The molecular formula is C19H19N3O3S. The second-order valence-electron chi connectivity index (χ2n) is 5.43. The van der Waals surface area contributed by atoms with E-state index in [1.807, 2.05) is 43.3 Å². The smallest absolute Gasteiger partial charge is 0.263 e. The van der Waals surface area contributed by atoms with Gasteiger partial charge >= 0.3 is 0 Å². The number of amides is 1. The van der Waals surface area contributed by atoms with Crippen LogP contribution in [0.2, 0.25) is 0 Å². The molecule has 0 aliphatic heterocycles. The number of aromatic nitrogens is 2. The Labute approximate surface area is 155 Å². The van der Waals surface area contributed by atoms with Crippen molar-refractivity contribution in [2.75, 3.05) is 20.3 Å². The summed E-state index contributed by atoms with van der Waals surface area (Å²) in [6.07, 6.45) is 1.71. The van der Waals surface area contributed by atoms with Crippen molar-refractivity contribution >= 4 is 17.2 Å². The monoisotopic (exact) mass is 369 g/mol. The van der Waals surface area contributed by atoms with E-state index >= 15 is 0 Å². The molecule has 2 heterocycles. The predicted molar refractivity (Wildman–Crippen MR) is 101 cm³/mol. The van der Waals surface area contributed by atoms with E-state index in [0.717, 1.165) is 16.5 Å². The molecule has 0 unspecified atom stereocenters. The number of benzene rings is 1. The van der Waals surface area contributed by atoms with Crippen molar-refractivity contribution in [3.63, 3.8) is 0 Å². The molecule has 134 valence electrons. The quantitative estimate of drug-likeness (QED) is 0.647. The largest absolute Gasteiger partial charge is 0.497 e. The Kier molecular flexibility index (Phi) is 5.80. The predicted octanol–water partition coefficient (Wildman–Crippen LogP) is 3.33. The topological polar surface area (TPSA) is 73.3 Å². The van der Waals surface area contributed by atoms with Crippen molar-refractivity contribution in [1.82, 2.24) is 15.3 Å². The van der Waals surface area contributed by atoms with Crippen LogP contribution in [0.25, 0.3) is 10.7 Å². The zero-order valence-electron chi connectivity index (χ0n) is 14.6. The summed E-state index contributed by atoms with van der Waals surface area (Å²) in [4.78, 5) is 21.7. The van der Waals surface area contributed by atoms with Crippen LogP contribution in [0.4, 0.5) is 0 Å². The van der Waals surface area contributed by atoms with Gasteiger partial charge in [-0.3, -0.25) is 9.78 Å². The number of carbonyl (C=O) groups is 1. The summed E-state index contributed by atoms with van der Waals surface area (Å²) in [6, 6.07) is 13.0. The van der Waals surface area contributed by atoms with E-state index in [0.29, 0.717) is 29.5 Å². The third kappa shape index (κ3) is 4.37. The maximum absolute atomic E-state index is 12.4. The second kappa shape index (κ2) is 8.44. The number of hydrogen-bond donors (Lipinski definition) is 1. The lowest BCUT2D eigenvalue weighted by atomic mass is 10.3. The molecule has 3 aromatic rings. The van der Waals surface area contributed by atoms with Gasteiger partial charge in [0.15, 0.2) is 0 Å². The van der Waals surface area contributed by atoms with Gasteiger partial charge in [-0.25, -0.2) is 4.98 Å². The molecule has 0 saturated heterocycles. The molecule has 6 nitrogen and oxygen atoms in total. The van der Waals surface area contributed by atoms with Gasteiger partial charge in [0.2, 0.25) is 0 Å². The van der Waals surface area contributed by atoms with E-state index in [1.54, 1.807) is 19.4 Å². The SMILES string of the molecule is COc1cccc(OCCNC(=O)c2sc(-c3ccccn3)nc2C)c1. The van der Waals surface area contributed by atoms with Gasteiger partial charge in [0.1, 0.15) is 28.0 Å². The Hall–Kier alpha value is -2.93. The summed E-state index contributed by atoms with van der Waals surface area (Å²) < 4.78 is 10.8. The number of nitrogens with one attached hydrogen (secondary N) is 1. The molecule has 0 fully saturated rings. The Morgan fingerprint density at radius 2 is 2.04 bits per heavy atom. The average molecular weight is 369 g/mol. The molecule has 0 aliphatic carbocycles. The number of pyridine rings is 1. The zero-order valence-corrected chi connectivity index (χ0v) is 15.4. The third-order valence-corrected chi connectivity index (χ3v) is 4.76. The Morgan fingerprint density at radius 1 is 1.19 bits per heavy atom. The van der Waals surface area contributed by atoms with Crippen LogP contribution in [0.15, 0.2) is 48.7 Å². The molecule has 3 rings (SSSR count). The fraction of sp³-hybridized carbons (Fsp3) is 0.211. The van der Waals surface area contributed by atoms with Crippen molar-refractivity contribution in [3.05, 3.63) is 59.2 Å². The van der Waals surface area contributed by atoms with Gasteiger partial charge in [0.05, 0.1) is 25.0 Å². The normalized spacial score (nSPS) is 10.4. The summed E-state index contributed by atoms with van der Waals surface area (Å²) in [7, 11) is 1.61. The minimum absolute atomic E-state index is 0.156. The molecule has 0 spiro atoms. The number of ether oxygens (including phenoxy) is 2. The standard InChI is InChI=1S/C19H19N3O3S/c1-13-17(26-19(22-13)16-8-3-4-9-20-16)18(23)21-10-11-25-15-7-5-6-14(12-15)24-2/h3-9,12H,10-11H2,1-2H3,(H,21,23). The summed E-state index contributed by atoms with van der Waals surface area (Å²) in [5.74, 6) is 1.27. The summed E-state index contributed by atoms with van der Waals surface area (Å²) in [5.41, 5.74) is 1.46. The first-order valence-electron chi connectivity index (χ1n) is 8.11. The highest BCUT2D eigenvalue weighted by atomic mass is 32.1. The van der Waals surface area contributed by atoms with E-state index in [9.17, 15) is 4.79 Å². The van der Waals surface area contributed by atoms with Gasteiger partial charge in [0, 0.05) is 12.3 Å². The van der Waals surface area contributed by atoms with E-state index in [2.05, 4.69) is 15.3 Å². The first-order chi connectivity index (χ1) is 12.7. The Morgan fingerprint density at radius 3 is 2.81 bits per heavy atom. The second-order valence-corrected chi connectivity index (χ2v) is 6.43. The van der Waals surface area contributed by atoms with Crippen LogP contribution >= 0.6 is 11.3 Å². The first kappa shape index (κ1) is 17.9. The van der Waals surface area contributed by atoms with Gasteiger partial charge < -0.3 is 14.8 Å². The summed E-state index contributed by atoms with van der Waals surface area (Å²) >= 11 is 1.34. The molecular weight excluding hydrogens is 350 g/mol. The van der Waals surface area contributed by atoms with Crippen LogP contribution in [0.1, 0.15) is 15.4 Å². The highest BCUT2D eigenvalue weighted by molar-refractivity contribution is 7.17. The summed E-state index contributed by atoms with van der Waals surface area (Å²) in [6.45, 7) is 2.58. The molecule has 1 aromatic carbocycles. The zero-order chi connectivity index (χ0) is 18.4. The number of aryl methyl sites for hydroxylation is 1. The van der Waals surface area contributed by atoms with Crippen LogP contribution in [0, 0.1) is 6.92 Å². The lowest BCUT2D eigenvalue weighted by Gasteiger charge is -2.08. The van der Waals surface area contributed by atoms with Crippen LogP contribution < -0.4 is 14.8 Å². The lowest BCUT2D eigenvalue weighted by molar-refractivity contribution is 0.0950. The molecule has 1 amide bonds. The van der Waals surface area contributed by atoms with Crippen molar-refractivity contribution in [1.29, 1.82) is 0 Å². The first-order valence-corrected chi connectivity index (χ1v) is 8.93. The van der Waals surface area contributed by atoms with Gasteiger partial charge in [-0.1, -0.05) is 12.1 Å². The maximum Gasteiger partial charge on any atom is 0.263 e. The third-order valence-electron chi connectivity index (χ3n) is 3.58. The highest BCUT2D eigenvalue weighted by Gasteiger charge is 2.16. The van der Waals surface area contributed by atoms with E-state index in [4.69, 9.17) is 9.47 Å². The minimum atomic E-state index is -0.156. The Bertz CT molecular complexity index is 881. The number of nitrogens with zero attached hydrogens (tertiary/aromatic N) is 2. The minimum Gasteiger partial charge on any atom is -0.497 e. The average Bonchev–Trinajstić information content (AvgIpc) is 3.08. The van der Waals surface area contributed by atoms with Crippen molar-refractivity contribution in [2.24, 2.45) is 0 Å². The van der Waals surface area contributed by atoms with Crippen molar-refractivity contribution in [2.45, 2.75) is 6.92 Å². The number of thiazole rings is 1. The molecule has 0 bridgehead atoms. The molecule has 0 aliphatic rings. The molecule has 1 N–H and O–H groups in total. The molecule has 7 heteroatoms. The van der Waals surface area contributed by atoms with Gasteiger partial charge in [-0.2, -0.15) is 0 Å². The van der Waals surface area contributed by atoms with Crippen LogP contribution in [-0.2, 0) is 0 Å². The molecule has 0 radical (unpaired) electrons. The van der Waals surface area contributed by atoms with Crippen molar-refractivity contribution < 1.29 is 14.3 Å². The molecule has 26 heavy (non-hydrogen) atoms. The molecule has 0 saturated carbocycles. The number of carbonyl (C=O) groups excluding carboxylic acids is 1. The summed E-state index contributed by atoms with van der Waals surface area (Å²) in [5, 5.41) is 3.60. The van der Waals surface area contributed by atoms with E-state index in [1.165, 1.54) is 11.3 Å². The molecule has 2 aromatic heterocycles. The van der Waals surface area contributed by atoms with Gasteiger partial charge in [-0.15, -0.1) is 11.3 Å². The Balaban J connectivity index is 1.54. The fourth-order valence-electron chi connectivity index (χ4n) is 2.31. The maximum atomic E-state index is 12.4. The lowest BCUT2D eigenvalue weighted by Crippen LogP contribution is -2.27. The van der Waals surface area contributed by atoms with Crippen LogP contribution in [0.3, 0.4) is 0 Å². The number of methoxy groups -OCH3 is 1. The van der Waals surface area contributed by atoms with Crippen LogP contribution in [-0.4, -0.2) is 36.1 Å². The number of hydrogen-bond acceptors (Lipinski definition) is 6. The van der Waals surface area contributed by atoms with Gasteiger partial charge in [0.25, 0.3) is 5.91 Å². The molecule has 0 atom stereocenters. The van der Waals surface area contributed by atoms with E-state index < -0.39 is 0 Å². The highest BCUT2D eigenvalue weighted by Crippen LogP contribution is 2.26. The fourth-order valence-corrected chi connectivity index (χ4v) is 3.27. The van der Waals surface area contributed by atoms with Crippen LogP contribution in [0.5, 0.6) is 11.5 Å².